The van der Waals surface area contributed by atoms with Crippen LogP contribution in [0.5, 0.6) is 0 Å². The Hall–Kier alpha value is -1.66. The van der Waals surface area contributed by atoms with Gasteiger partial charge in [0.2, 0.25) is 0 Å². The molecule has 2 rings (SSSR count). The first-order chi connectivity index (χ1) is 9.45. The van der Waals surface area contributed by atoms with Crippen LogP contribution in [0.3, 0.4) is 0 Å². The van der Waals surface area contributed by atoms with Crippen molar-refractivity contribution in [3.8, 4) is 0 Å². The molecule has 0 aromatic heterocycles. The van der Waals surface area contributed by atoms with E-state index in [1.54, 1.807) is 0 Å². The van der Waals surface area contributed by atoms with Crippen molar-refractivity contribution >= 4 is 23.5 Å². The third kappa shape index (κ3) is 2.62. The summed E-state index contributed by atoms with van der Waals surface area (Å²) >= 11 is 5.76. The summed E-state index contributed by atoms with van der Waals surface area (Å²) in [6, 6.07) is 2.86. The van der Waals surface area contributed by atoms with E-state index in [1.807, 2.05) is 0 Å². The van der Waals surface area contributed by atoms with Crippen LogP contribution >= 0.6 is 11.6 Å². The van der Waals surface area contributed by atoms with E-state index in [1.165, 1.54) is 19.2 Å². The van der Waals surface area contributed by atoms with Gasteiger partial charge in [0.1, 0.15) is 11.9 Å². The number of carboxylic acids is 1. The average molecular weight is 302 g/mol. The molecule has 2 unspecified atom stereocenters. The lowest BCUT2D eigenvalue weighted by molar-refractivity contribution is -0.141. The van der Waals surface area contributed by atoms with Crippen LogP contribution in [-0.4, -0.2) is 47.7 Å². The van der Waals surface area contributed by atoms with Gasteiger partial charge in [0.15, 0.2) is 0 Å². The Morgan fingerprint density at radius 2 is 2.20 bits per heavy atom. The molecule has 1 fully saturated rings. The van der Waals surface area contributed by atoms with Crippen molar-refractivity contribution in [2.45, 2.75) is 18.6 Å². The van der Waals surface area contributed by atoms with Crippen molar-refractivity contribution in [1.82, 2.24) is 4.90 Å². The monoisotopic (exact) mass is 301 g/mol. The van der Waals surface area contributed by atoms with Gasteiger partial charge in [-0.05, 0) is 12.1 Å². The summed E-state index contributed by atoms with van der Waals surface area (Å²) in [5, 5.41) is 8.86. The minimum absolute atomic E-state index is 0.0466. The number of ether oxygens (including phenoxy) is 1. The Morgan fingerprint density at radius 1 is 1.50 bits per heavy atom. The Morgan fingerprint density at radius 3 is 2.80 bits per heavy atom. The number of hydrogen-bond donors (Lipinski definition) is 1. The van der Waals surface area contributed by atoms with E-state index in [9.17, 15) is 14.0 Å². The highest BCUT2D eigenvalue weighted by molar-refractivity contribution is 6.34. The molecule has 1 aromatic carbocycles. The lowest BCUT2D eigenvalue weighted by atomic mass is 10.1. The number of likely N-dealkylation sites (tertiary alicyclic amines) is 1. The standard InChI is InChI=1S/C13H13ClFNO4/c1-20-7-5-10(13(18)19)16(6-7)12(17)8-3-2-4-9(15)11(8)14/h2-4,7,10H,5-6H2,1H3,(H,18,19). The second kappa shape index (κ2) is 5.76. The molecule has 1 saturated heterocycles. The molecule has 108 valence electrons. The van der Waals surface area contributed by atoms with E-state index >= 15 is 0 Å². The van der Waals surface area contributed by atoms with Gasteiger partial charge in [-0.15, -0.1) is 0 Å². The minimum atomic E-state index is -1.12. The van der Waals surface area contributed by atoms with E-state index in [2.05, 4.69) is 0 Å². The molecule has 0 aliphatic carbocycles. The zero-order valence-electron chi connectivity index (χ0n) is 10.7. The number of halogens is 2. The van der Waals surface area contributed by atoms with Gasteiger partial charge in [-0.25, -0.2) is 9.18 Å². The molecule has 0 bridgehead atoms. The molecule has 7 heteroatoms. The van der Waals surface area contributed by atoms with Crippen LogP contribution in [0, 0.1) is 5.82 Å². The Labute approximate surface area is 119 Å². The van der Waals surface area contributed by atoms with Gasteiger partial charge in [-0.1, -0.05) is 17.7 Å². The molecular weight excluding hydrogens is 289 g/mol. The summed E-state index contributed by atoms with van der Waals surface area (Å²) in [7, 11) is 1.45. The minimum Gasteiger partial charge on any atom is -0.480 e. The zero-order valence-corrected chi connectivity index (χ0v) is 11.4. The Bertz CT molecular complexity index is 551. The number of methoxy groups -OCH3 is 1. The van der Waals surface area contributed by atoms with Crippen LogP contribution < -0.4 is 0 Å². The van der Waals surface area contributed by atoms with Gasteiger partial charge in [-0.2, -0.15) is 0 Å². The number of carbonyl (C=O) groups is 2. The van der Waals surface area contributed by atoms with E-state index in [-0.39, 0.29) is 29.7 Å². The second-order valence-electron chi connectivity index (χ2n) is 4.51. The van der Waals surface area contributed by atoms with Crippen LogP contribution in [-0.2, 0) is 9.53 Å². The van der Waals surface area contributed by atoms with Crippen LogP contribution in [0.4, 0.5) is 4.39 Å². The Kier molecular flexibility index (Phi) is 4.25. The van der Waals surface area contributed by atoms with Crippen molar-refractivity contribution in [3.05, 3.63) is 34.6 Å². The number of hydrogen-bond acceptors (Lipinski definition) is 3. The van der Waals surface area contributed by atoms with Crippen molar-refractivity contribution in [3.63, 3.8) is 0 Å². The molecule has 1 heterocycles. The van der Waals surface area contributed by atoms with Gasteiger partial charge < -0.3 is 14.7 Å². The highest BCUT2D eigenvalue weighted by atomic mass is 35.5. The molecule has 1 amide bonds. The highest BCUT2D eigenvalue weighted by Gasteiger charge is 2.40. The highest BCUT2D eigenvalue weighted by Crippen LogP contribution is 2.26. The van der Waals surface area contributed by atoms with Crippen molar-refractivity contribution in [1.29, 1.82) is 0 Å². The SMILES string of the molecule is COC1CC(C(=O)O)N(C(=O)c2cccc(F)c2Cl)C1. The first-order valence-electron chi connectivity index (χ1n) is 5.96. The predicted octanol–water partition coefficient (Wildman–Crippen LogP) is 1.79. The summed E-state index contributed by atoms with van der Waals surface area (Å²) in [5.41, 5.74) is -0.0466. The Balaban J connectivity index is 2.31. The predicted molar refractivity (Wildman–Crippen MR) is 69.3 cm³/mol. The maximum Gasteiger partial charge on any atom is 0.326 e. The van der Waals surface area contributed by atoms with Crippen LogP contribution in [0.25, 0.3) is 0 Å². The van der Waals surface area contributed by atoms with Gasteiger partial charge >= 0.3 is 5.97 Å². The van der Waals surface area contributed by atoms with Gasteiger partial charge in [0, 0.05) is 20.1 Å². The van der Waals surface area contributed by atoms with E-state index in [0.29, 0.717) is 0 Å². The number of carboxylic acid groups (broad SMARTS) is 1. The summed E-state index contributed by atoms with van der Waals surface area (Å²) in [6.45, 7) is 0.138. The summed E-state index contributed by atoms with van der Waals surface area (Å²) in [4.78, 5) is 24.7. The van der Waals surface area contributed by atoms with Gasteiger partial charge in [0.05, 0.1) is 16.7 Å². The third-order valence-corrected chi connectivity index (χ3v) is 3.71. The molecule has 1 aliphatic heterocycles. The van der Waals surface area contributed by atoms with E-state index in [4.69, 9.17) is 21.4 Å². The third-order valence-electron chi connectivity index (χ3n) is 3.32. The number of benzene rings is 1. The second-order valence-corrected chi connectivity index (χ2v) is 4.88. The lowest BCUT2D eigenvalue weighted by Gasteiger charge is -2.21. The number of carbonyl (C=O) groups excluding carboxylic acids is 1. The summed E-state index contributed by atoms with van der Waals surface area (Å²) in [6.07, 6.45) is -0.155. The molecule has 0 radical (unpaired) electrons. The zero-order chi connectivity index (χ0) is 14.9. The molecule has 0 saturated carbocycles. The van der Waals surface area contributed by atoms with Crippen molar-refractivity contribution < 1.29 is 23.8 Å². The van der Waals surface area contributed by atoms with Crippen molar-refractivity contribution in [2.75, 3.05) is 13.7 Å². The maximum absolute atomic E-state index is 13.4. The normalized spacial score (nSPS) is 22.1. The number of aliphatic carboxylic acids is 1. The average Bonchev–Trinajstić information content (AvgIpc) is 2.85. The molecule has 0 spiro atoms. The molecule has 1 aromatic rings. The van der Waals surface area contributed by atoms with Gasteiger partial charge in [0.25, 0.3) is 5.91 Å². The molecule has 5 nitrogen and oxygen atoms in total. The fourth-order valence-corrected chi connectivity index (χ4v) is 2.46. The van der Waals surface area contributed by atoms with E-state index < -0.39 is 23.7 Å². The lowest BCUT2D eigenvalue weighted by Crippen LogP contribution is -2.40. The van der Waals surface area contributed by atoms with E-state index in [0.717, 1.165) is 11.0 Å². The largest absolute Gasteiger partial charge is 0.480 e. The fraction of sp³-hybridized carbons (Fsp3) is 0.385. The van der Waals surface area contributed by atoms with Crippen LogP contribution in [0.2, 0.25) is 5.02 Å². The summed E-state index contributed by atoms with van der Waals surface area (Å²) < 4.78 is 18.5. The number of amides is 1. The van der Waals surface area contributed by atoms with Crippen molar-refractivity contribution in [2.24, 2.45) is 0 Å². The van der Waals surface area contributed by atoms with Crippen LogP contribution in [0.15, 0.2) is 18.2 Å². The molecule has 20 heavy (non-hydrogen) atoms. The molecule has 1 aliphatic rings. The fourth-order valence-electron chi connectivity index (χ4n) is 2.25. The molecule has 1 N–H and O–H groups in total. The van der Waals surface area contributed by atoms with Crippen LogP contribution in [0.1, 0.15) is 16.8 Å². The quantitative estimate of drug-likeness (QED) is 0.924. The van der Waals surface area contributed by atoms with Gasteiger partial charge in [-0.3, -0.25) is 4.79 Å². The first kappa shape index (κ1) is 14.7. The first-order valence-corrected chi connectivity index (χ1v) is 6.34. The topological polar surface area (TPSA) is 66.8 Å². The molecule has 2 atom stereocenters. The summed E-state index contributed by atoms with van der Waals surface area (Å²) in [5.74, 6) is -2.45. The smallest absolute Gasteiger partial charge is 0.326 e. The number of nitrogens with zero attached hydrogens (tertiary/aromatic N) is 1. The number of rotatable bonds is 3. The molecular formula is C13H13ClFNO4. The maximum atomic E-state index is 13.4.